The Balaban J connectivity index is 2.04. The average Bonchev–Trinajstić information content (AvgIpc) is 2.46. The van der Waals surface area contributed by atoms with Gasteiger partial charge in [0, 0.05) is 11.0 Å². The third-order valence-corrected chi connectivity index (χ3v) is 5.04. The van der Waals surface area contributed by atoms with E-state index in [0.717, 1.165) is 10.0 Å². The van der Waals surface area contributed by atoms with Gasteiger partial charge in [0.25, 0.3) is 0 Å². The van der Waals surface area contributed by atoms with Crippen molar-refractivity contribution in [1.82, 2.24) is 4.72 Å². The second-order valence-electron chi connectivity index (χ2n) is 4.62. The highest BCUT2D eigenvalue weighted by molar-refractivity contribution is 9.10. The Morgan fingerprint density at radius 2 is 1.65 bits per heavy atom. The zero-order chi connectivity index (χ0) is 14.6. The van der Waals surface area contributed by atoms with Crippen molar-refractivity contribution in [2.75, 3.05) is 6.54 Å². The van der Waals surface area contributed by atoms with Crippen molar-refractivity contribution in [3.05, 3.63) is 64.6 Å². The van der Waals surface area contributed by atoms with Crippen LogP contribution in [0.4, 0.5) is 0 Å². The summed E-state index contributed by atoms with van der Waals surface area (Å²) in [6.45, 7) is 2.38. The standard InChI is InChI=1S/C15H16BrNO2S/c1-12(13-5-3-2-4-6-13)11-17-20(18,19)15-9-7-14(16)8-10-15/h2-10,12,17H,11H2,1H3. The predicted octanol–water partition coefficient (Wildman–Crippen LogP) is 3.53. The molecule has 0 amide bonds. The maximum absolute atomic E-state index is 12.2. The van der Waals surface area contributed by atoms with Gasteiger partial charge in [-0.1, -0.05) is 53.2 Å². The summed E-state index contributed by atoms with van der Waals surface area (Å²) < 4.78 is 27.8. The van der Waals surface area contributed by atoms with Crippen molar-refractivity contribution < 1.29 is 8.42 Å². The highest BCUT2D eigenvalue weighted by atomic mass is 79.9. The monoisotopic (exact) mass is 353 g/mol. The molecule has 1 atom stereocenters. The van der Waals surface area contributed by atoms with Crippen LogP contribution in [0.2, 0.25) is 0 Å². The van der Waals surface area contributed by atoms with E-state index in [2.05, 4.69) is 20.7 Å². The Morgan fingerprint density at radius 1 is 1.05 bits per heavy atom. The van der Waals surface area contributed by atoms with Gasteiger partial charge in [-0.25, -0.2) is 13.1 Å². The number of benzene rings is 2. The molecule has 0 heterocycles. The number of sulfonamides is 1. The highest BCUT2D eigenvalue weighted by Crippen LogP contribution is 2.17. The summed E-state index contributed by atoms with van der Waals surface area (Å²) in [6, 6.07) is 16.5. The first-order valence-electron chi connectivity index (χ1n) is 6.29. The zero-order valence-corrected chi connectivity index (χ0v) is 13.5. The van der Waals surface area contributed by atoms with Gasteiger partial charge < -0.3 is 0 Å². The predicted molar refractivity (Wildman–Crippen MR) is 84.2 cm³/mol. The molecule has 0 radical (unpaired) electrons. The molecule has 0 saturated carbocycles. The van der Waals surface area contributed by atoms with Crippen LogP contribution in [0.25, 0.3) is 0 Å². The van der Waals surface area contributed by atoms with E-state index in [0.29, 0.717) is 6.54 Å². The molecule has 20 heavy (non-hydrogen) atoms. The van der Waals surface area contributed by atoms with Crippen molar-refractivity contribution in [2.24, 2.45) is 0 Å². The zero-order valence-electron chi connectivity index (χ0n) is 11.1. The van der Waals surface area contributed by atoms with Crippen LogP contribution in [0.15, 0.2) is 64.0 Å². The highest BCUT2D eigenvalue weighted by Gasteiger charge is 2.15. The quantitative estimate of drug-likeness (QED) is 0.893. The molecule has 106 valence electrons. The van der Waals surface area contributed by atoms with Gasteiger partial charge in [-0.2, -0.15) is 0 Å². The summed E-state index contributed by atoms with van der Waals surface area (Å²) in [4.78, 5) is 0.279. The summed E-state index contributed by atoms with van der Waals surface area (Å²) in [7, 11) is -3.45. The van der Waals surface area contributed by atoms with E-state index >= 15 is 0 Å². The lowest BCUT2D eigenvalue weighted by molar-refractivity contribution is 0.575. The van der Waals surface area contributed by atoms with Gasteiger partial charge in [0.15, 0.2) is 0 Å². The maximum atomic E-state index is 12.2. The van der Waals surface area contributed by atoms with E-state index in [-0.39, 0.29) is 10.8 Å². The van der Waals surface area contributed by atoms with Crippen LogP contribution in [-0.2, 0) is 10.0 Å². The maximum Gasteiger partial charge on any atom is 0.240 e. The third kappa shape index (κ3) is 3.91. The normalized spacial score (nSPS) is 13.1. The first-order valence-corrected chi connectivity index (χ1v) is 8.57. The molecule has 0 fully saturated rings. The van der Waals surface area contributed by atoms with Gasteiger partial charge in [-0.05, 0) is 35.7 Å². The van der Waals surface area contributed by atoms with Crippen molar-refractivity contribution in [1.29, 1.82) is 0 Å². The summed E-state index contributed by atoms with van der Waals surface area (Å²) in [5, 5.41) is 0. The van der Waals surface area contributed by atoms with Crippen LogP contribution >= 0.6 is 15.9 Å². The molecule has 0 saturated heterocycles. The van der Waals surface area contributed by atoms with Crippen LogP contribution < -0.4 is 4.72 Å². The Labute approximate surface area is 128 Å². The molecule has 5 heteroatoms. The second kappa shape index (κ2) is 6.52. The van der Waals surface area contributed by atoms with Crippen LogP contribution in [-0.4, -0.2) is 15.0 Å². The number of hydrogen-bond donors (Lipinski definition) is 1. The summed E-state index contributed by atoms with van der Waals surface area (Å²) >= 11 is 3.29. The van der Waals surface area contributed by atoms with Crippen molar-refractivity contribution in [2.45, 2.75) is 17.7 Å². The minimum absolute atomic E-state index is 0.126. The molecule has 0 spiro atoms. The van der Waals surface area contributed by atoms with Crippen molar-refractivity contribution in [3.8, 4) is 0 Å². The van der Waals surface area contributed by atoms with E-state index in [9.17, 15) is 8.42 Å². The average molecular weight is 354 g/mol. The van der Waals surface area contributed by atoms with Crippen LogP contribution in [0.5, 0.6) is 0 Å². The fourth-order valence-corrected chi connectivity index (χ4v) is 3.23. The van der Waals surface area contributed by atoms with E-state index in [4.69, 9.17) is 0 Å². The van der Waals surface area contributed by atoms with Crippen molar-refractivity contribution in [3.63, 3.8) is 0 Å². The molecular weight excluding hydrogens is 338 g/mol. The van der Waals surface area contributed by atoms with E-state index in [1.54, 1.807) is 24.3 Å². The Morgan fingerprint density at radius 3 is 2.25 bits per heavy atom. The minimum atomic E-state index is -3.45. The first kappa shape index (κ1) is 15.2. The number of rotatable bonds is 5. The second-order valence-corrected chi connectivity index (χ2v) is 7.30. The third-order valence-electron chi connectivity index (χ3n) is 3.07. The topological polar surface area (TPSA) is 46.2 Å². The summed E-state index contributed by atoms with van der Waals surface area (Å²) in [6.07, 6.45) is 0. The number of nitrogens with one attached hydrogen (secondary N) is 1. The van der Waals surface area contributed by atoms with E-state index < -0.39 is 10.0 Å². The molecule has 0 aliphatic carbocycles. The Bertz CT molecular complexity index is 654. The molecule has 2 aromatic carbocycles. The largest absolute Gasteiger partial charge is 0.240 e. The van der Waals surface area contributed by atoms with Gasteiger partial charge in [0.2, 0.25) is 10.0 Å². The molecule has 1 N–H and O–H groups in total. The lowest BCUT2D eigenvalue weighted by atomic mass is 10.0. The van der Waals surface area contributed by atoms with Gasteiger partial charge in [0.05, 0.1) is 4.90 Å². The molecule has 3 nitrogen and oxygen atoms in total. The lowest BCUT2D eigenvalue weighted by Gasteiger charge is -2.13. The molecule has 0 aliphatic rings. The lowest BCUT2D eigenvalue weighted by Crippen LogP contribution is -2.27. The van der Waals surface area contributed by atoms with Gasteiger partial charge in [0.1, 0.15) is 0 Å². The molecule has 2 rings (SSSR count). The number of halogens is 1. The van der Waals surface area contributed by atoms with Crippen LogP contribution in [0, 0.1) is 0 Å². The van der Waals surface area contributed by atoms with Gasteiger partial charge in [-0.3, -0.25) is 0 Å². The van der Waals surface area contributed by atoms with Crippen LogP contribution in [0.3, 0.4) is 0 Å². The fraction of sp³-hybridized carbons (Fsp3) is 0.200. The molecule has 0 aromatic heterocycles. The first-order chi connectivity index (χ1) is 9.49. The molecule has 1 unspecified atom stereocenters. The summed E-state index contributed by atoms with van der Waals surface area (Å²) in [5.41, 5.74) is 1.12. The smallest absolute Gasteiger partial charge is 0.211 e. The van der Waals surface area contributed by atoms with E-state index in [1.165, 1.54) is 0 Å². The Kier molecular flexibility index (Phi) is 4.96. The van der Waals surface area contributed by atoms with E-state index in [1.807, 2.05) is 37.3 Å². The molecule has 2 aromatic rings. The van der Waals surface area contributed by atoms with Crippen molar-refractivity contribution >= 4 is 26.0 Å². The van der Waals surface area contributed by atoms with Crippen LogP contribution in [0.1, 0.15) is 18.4 Å². The SMILES string of the molecule is CC(CNS(=O)(=O)c1ccc(Br)cc1)c1ccccc1. The molecule has 0 aliphatic heterocycles. The van der Waals surface area contributed by atoms with Gasteiger partial charge >= 0.3 is 0 Å². The number of hydrogen-bond acceptors (Lipinski definition) is 2. The van der Waals surface area contributed by atoms with Gasteiger partial charge in [-0.15, -0.1) is 0 Å². The Hall–Kier alpha value is -1.17. The minimum Gasteiger partial charge on any atom is -0.211 e. The fourth-order valence-electron chi connectivity index (χ4n) is 1.83. The molecular formula is C15H16BrNO2S. The summed E-state index contributed by atoms with van der Waals surface area (Å²) in [5.74, 6) is 0.126. The molecule has 0 bridgehead atoms.